The molecule has 0 aliphatic heterocycles. The maximum absolute atomic E-state index is 11.5. The van der Waals surface area contributed by atoms with E-state index >= 15 is 0 Å². The number of aromatic nitrogens is 1. The predicted octanol–water partition coefficient (Wildman–Crippen LogP) is 2.88. The number of aryl methyl sites for hydroxylation is 1. The minimum atomic E-state index is 0.0318. The molecular weight excluding hydrogens is 232 g/mol. The lowest BCUT2D eigenvalue weighted by molar-refractivity contribution is -0.124. The molecule has 0 fully saturated rings. The molecule has 1 N–H and O–H groups in total. The summed E-state index contributed by atoms with van der Waals surface area (Å²) in [6, 6.07) is 6.12. The second kappa shape index (κ2) is 4.84. The molecule has 0 atom stereocenters. The molecule has 0 aliphatic carbocycles. The van der Waals surface area contributed by atoms with Crippen molar-refractivity contribution < 1.29 is 4.79 Å². The van der Waals surface area contributed by atoms with Crippen molar-refractivity contribution in [3.63, 3.8) is 0 Å². The quantitative estimate of drug-likeness (QED) is 0.907. The van der Waals surface area contributed by atoms with Crippen LogP contribution in [0.3, 0.4) is 0 Å². The highest BCUT2D eigenvalue weighted by molar-refractivity contribution is 7.18. The topological polar surface area (TPSA) is 42.0 Å². The second-order valence-electron chi connectivity index (χ2n) is 4.41. The van der Waals surface area contributed by atoms with Gasteiger partial charge in [-0.2, -0.15) is 0 Å². The van der Waals surface area contributed by atoms with Gasteiger partial charge < -0.3 is 5.32 Å². The number of nitrogens with zero attached hydrogens (tertiary/aromatic N) is 1. The van der Waals surface area contributed by atoms with Crippen LogP contribution in [-0.2, 0) is 11.3 Å². The molecule has 0 aliphatic rings. The van der Waals surface area contributed by atoms with E-state index in [0.717, 1.165) is 16.1 Å². The van der Waals surface area contributed by atoms with Gasteiger partial charge in [-0.3, -0.25) is 4.79 Å². The van der Waals surface area contributed by atoms with Crippen LogP contribution >= 0.6 is 11.3 Å². The van der Waals surface area contributed by atoms with Crippen molar-refractivity contribution in [2.45, 2.75) is 27.3 Å². The first-order valence-electron chi connectivity index (χ1n) is 5.70. The first-order chi connectivity index (χ1) is 8.06. The third kappa shape index (κ3) is 2.82. The number of carbonyl (C=O) groups is 1. The Morgan fingerprint density at radius 3 is 2.94 bits per heavy atom. The molecular formula is C13H16N2OS. The number of nitrogens with one attached hydrogen (secondary N) is 1. The molecule has 0 unspecified atom stereocenters. The van der Waals surface area contributed by atoms with E-state index in [1.807, 2.05) is 32.9 Å². The molecule has 1 aromatic carbocycles. The van der Waals surface area contributed by atoms with Crippen LogP contribution in [-0.4, -0.2) is 10.9 Å². The van der Waals surface area contributed by atoms with E-state index in [-0.39, 0.29) is 11.8 Å². The van der Waals surface area contributed by atoms with E-state index in [1.165, 1.54) is 4.70 Å². The number of rotatable bonds is 3. The molecule has 0 saturated heterocycles. The summed E-state index contributed by atoms with van der Waals surface area (Å²) in [6.07, 6.45) is 0. The molecule has 0 bridgehead atoms. The third-order valence-electron chi connectivity index (χ3n) is 2.55. The largest absolute Gasteiger partial charge is 0.352 e. The first-order valence-corrected chi connectivity index (χ1v) is 6.51. The van der Waals surface area contributed by atoms with Gasteiger partial charge in [0.25, 0.3) is 0 Å². The molecule has 1 aromatic heterocycles. The zero-order valence-electron chi connectivity index (χ0n) is 10.3. The Hall–Kier alpha value is -1.42. The number of thiazole rings is 1. The van der Waals surface area contributed by atoms with Crippen molar-refractivity contribution in [3.8, 4) is 0 Å². The standard InChI is InChI=1S/C13H16N2OS/c1-8(2)13(16)14-7-10-4-5-11-12(6-10)17-9(3)15-11/h4-6,8H,7H2,1-3H3,(H,14,16). The Morgan fingerprint density at radius 2 is 2.24 bits per heavy atom. The van der Waals surface area contributed by atoms with Crippen LogP contribution in [0.25, 0.3) is 10.2 Å². The Balaban J connectivity index is 2.11. The van der Waals surface area contributed by atoms with Crippen molar-refractivity contribution in [3.05, 3.63) is 28.8 Å². The molecule has 90 valence electrons. The fourth-order valence-electron chi connectivity index (χ4n) is 1.59. The van der Waals surface area contributed by atoms with Gasteiger partial charge in [0, 0.05) is 12.5 Å². The highest BCUT2D eigenvalue weighted by Gasteiger charge is 2.06. The Kier molecular flexibility index (Phi) is 3.43. The molecule has 0 radical (unpaired) electrons. The zero-order valence-corrected chi connectivity index (χ0v) is 11.1. The normalized spacial score (nSPS) is 11.1. The molecule has 4 heteroatoms. The summed E-state index contributed by atoms with van der Waals surface area (Å²) in [7, 11) is 0. The fraction of sp³-hybridized carbons (Fsp3) is 0.385. The van der Waals surface area contributed by atoms with Crippen LogP contribution in [0.5, 0.6) is 0 Å². The third-order valence-corrected chi connectivity index (χ3v) is 3.48. The van der Waals surface area contributed by atoms with E-state index in [4.69, 9.17) is 0 Å². The first kappa shape index (κ1) is 12.0. The van der Waals surface area contributed by atoms with Gasteiger partial charge in [0.15, 0.2) is 0 Å². The number of fused-ring (bicyclic) bond motifs is 1. The van der Waals surface area contributed by atoms with E-state index < -0.39 is 0 Å². The van der Waals surface area contributed by atoms with Crippen LogP contribution in [0.2, 0.25) is 0 Å². The molecule has 2 rings (SSSR count). The molecule has 2 aromatic rings. The smallest absolute Gasteiger partial charge is 0.222 e. The highest BCUT2D eigenvalue weighted by Crippen LogP contribution is 2.22. The van der Waals surface area contributed by atoms with Gasteiger partial charge in [0.05, 0.1) is 15.2 Å². The Labute approximate surface area is 105 Å². The van der Waals surface area contributed by atoms with Crippen molar-refractivity contribution in [1.82, 2.24) is 10.3 Å². The van der Waals surface area contributed by atoms with Crippen molar-refractivity contribution in [1.29, 1.82) is 0 Å². The molecule has 17 heavy (non-hydrogen) atoms. The molecule has 3 nitrogen and oxygen atoms in total. The van der Waals surface area contributed by atoms with Crippen molar-refractivity contribution >= 4 is 27.5 Å². The van der Waals surface area contributed by atoms with Gasteiger partial charge in [-0.25, -0.2) is 4.98 Å². The van der Waals surface area contributed by atoms with Crippen molar-refractivity contribution in [2.75, 3.05) is 0 Å². The van der Waals surface area contributed by atoms with Gasteiger partial charge >= 0.3 is 0 Å². The minimum Gasteiger partial charge on any atom is -0.352 e. The number of hydrogen-bond acceptors (Lipinski definition) is 3. The molecule has 0 spiro atoms. The van der Waals surface area contributed by atoms with Gasteiger partial charge in [-0.15, -0.1) is 11.3 Å². The van der Waals surface area contributed by atoms with E-state index in [9.17, 15) is 4.79 Å². The fourth-order valence-corrected chi connectivity index (χ4v) is 2.48. The van der Waals surface area contributed by atoms with Gasteiger partial charge in [0.1, 0.15) is 0 Å². The van der Waals surface area contributed by atoms with Crippen LogP contribution in [0.4, 0.5) is 0 Å². The van der Waals surface area contributed by atoms with Gasteiger partial charge in [-0.05, 0) is 24.6 Å². The lowest BCUT2D eigenvalue weighted by atomic mass is 10.2. The average molecular weight is 248 g/mol. The lowest BCUT2D eigenvalue weighted by Crippen LogP contribution is -2.27. The van der Waals surface area contributed by atoms with E-state index in [1.54, 1.807) is 11.3 Å². The van der Waals surface area contributed by atoms with Crippen LogP contribution in [0.15, 0.2) is 18.2 Å². The predicted molar refractivity (Wildman–Crippen MR) is 71.0 cm³/mol. The number of hydrogen-bond donors (Lipinski definition) is 1. The summed E-state index contributed by atoms with van der Waals surface area (Å²) in [5.41, 5.74) is 2.15. The maximum Gasteiger partial charge on any atom is 0.222 e. The van der Waals surface area contributed by atoms with Gasteiger partial charge in [0.2, 0.25) is 5.91 Å². The summed E-state index contributed by atoms with van der Waals surface area (Å²) in [6.45, 7) is 6.38. The highest BCUT2D eigenvalue weighted by atomic mass is 32.1. The monoisotopic (exact) mass is 248 g/mol. The van der Waals surface area contributed by atoms with Crippen LogP contribution < -0.4 is 5.32 Å². The molecule has 1 heterocycles. The number of benzene rings is 1. The van der Waals surface area contributed by atoms with Crippen LogP contribution in [0, 0.1) is 12.8 Å². The summed E-state index contributed by atoms with van der Waals surface area (Å²) in [5, 5.41) is 3.99. The summed E-state index contributed by atoms with van der Waals surface area (Å²) < 4.78 is 1.18. The van der Waals surface area contributed by atoms with Gasteiger partial charge in [-0.1, -0.05) is 19.9 Å². The Morgan fingerprint density at radius 1 is 1.47 bits per heavy atom. The summed E-state index contributed by atoms with van der Waals surface area (Å²) in [4.78, 5) is 15.9. The van der Waals surface area contributed by atoms with E-state index in [0.29, 0.717) is 6.54 Å². The molecule has 0 saturated carbocycles. The maximum atomic E-state index is 11.5. The minimum absolute atomic E-state index is 0.0318. The van der Waals surface area contributed by atoms with Crippen LogP contribution in [0.1, 0.15) is 24.4 Å². The second-order valence-corrected chi connectivity index (χ2v) is 5.64. The SMILES string of the molecule is Cc1nc2ccc(CNC(=O)C(C)C)cc2s1. The summed E-state index contributed by atoms with van der Waals surface area (Å²) in [5.74, 6) is 0.120. The Bertz CT molecular complexity index is 545. The molecule has 1 amide bonds. The number of carbonyl (C=O) groups excluding carboxylic acids is 1. The number of amides is 1. The average Bonchev–Trinajstić information content (AvgIpc) is 2.64. The zero-order chi connectivity index (χ0) is 12.4. The summed E-state index contributed by atoms with van der Waals surface area (Å²) >= 11 is 1.68. The van der Waals surface area contributed by atoms with E-state index in [2.05, 4.69) is 16.4 Å². The van der Waals surface area contributed by atoms with Crippen molar-refractivity contribution in [2.24, 2.45) is 5.92 Å². The lowest BCUT2D eigenvalue weighted by Gasteiger charge is -2.07.